The molecule has 0 radical (unpaired) electrons. The lowest BCUT2D eigenvalue weighted by atomic mass is 9.98. The SMILES string of the molecule is NCC1O[C@H](O[C@H]2OC(CN)[C@@H](O)[C@H](O)C2O)[C@H](O)C(O)[C@@H]1O. The number of nitrogens with two attached hydrogens (primary N) is 2. The molecule has 136 valence electrons. The third-order valence-corrected chi connectivity index (χ3v) is 4.07. The maximum absolute atomic E-state index is 9.90. The molecule has 0 amide bonds. The van der Waals surface area contributed by atoms with Crippen LogP contribution in [0.4, 0.5) is 0 Å². The summed E-state index contributed by atoms with van der Waals surface area (Å²) >= 11 is 0. The van der Waals surface area contributed by atoms with Crippen LogP contribution < -0.4 is 11.5 Å². The maximum atomic E-state index is 9.90. The zero-order valence-electron chi connectivity index (χ0n) is 12.3. The average molecular weight is 340 g/mol. The molecule has 4 unspecified atom stereocenters. The van der Waals surface area contributed by atoms with Gasteiger partial charge in [0.05, 0.1) is 0 Å². The Labute approximate surface area is 132 Å². The Morgan fingerprint density at radius 2 is 0.957 bits per heavy atom. The van der Waals surface area contributed by atoms with E-state index in [1.165, 1.54) is 0 Å². The third-order valence-electron chi connectivity index (χ3n) is 4.07. The Balaban J connectivity index is 2.07. The van der Waals surface area contributed by atoms with Crippen LogP contribution in [0, 0.1) is 0 Å². The zero-order chi connectivity index (χ0) is 17.3. The molecule has 2 fully saturated rings. The van der Waals surface area contributed by atoms with Gasteiger partial charge in [0.15, 0.2) is 12.6 Å². The van der Waals surface area contributed by atoms with E-state index in [0.717, 1.165) is 0 Å². The molecular formula is C12H24N2O9. The van der Waals surface area contributed by atoms with E-state index in [1.54, 1.807) is 0 Å². The minimum absolute atomic E-state index is 0.147. The fraction of sp³-hybridized carbons (Fsp3) is 1.00. The Kier molecular flexibility index (Phi) is 6.27. The van der Waals surface area contributed by atoms with Crippen LogP contribution in [-0.2, 0) is 14.2 Å². The molecule has 0 aromatic rings. The van der Waals surface area contributed by atoms with Crippen LogP contribution in [0.2, 0.25) is 0 Å². The first-order valence-corrected chi connectivity index (χ1v) is 7.26. The normalized spacial score (nSPS) is 51.7. The maximum Gasteiger partial charge on any atom is 0.189 e. The average Bonchev–Trinajstić information content (AvgIpc) is 2.55. The molecule has 0 aromatic carbocycles. The summed E-state index contributed by atoms with van der Waals surface area (Å²) in [7, 11) is 0. The molecule has 0 bridgehead atoms. The molecule has 2 rings (SSSR count). The van der Waals surface area contributed by atoms with Crippen LogP contribution in [0.3, 0.4) is 0 Å². The van der Waals surface area contributed by atoms with Gasteiger partial charge in [-0.05, 0) is 0 Å². The standard InChI is InChI=1S/C12H24N2O9/c13-1-3-5(15)7(17)9(19)11(21-3)23-12-10(20)8(18)6(16)4(2-14)22-12/h3-12,15-20H,1-2,13-14H2/t3?,4?,5-,6-,7+,8?,9?,10-,11-,12-/m1/s1. The molecule has 23 heavy (non-hydrogen) atoms. The van der Waals surface area contributed by atoms with Crippen LogP contribution in [0.5, 0.6) is 0 Å². The number of hydrogen-bond acceptors (Lipinski definition) is 11. The summed E-state index contributed by atoms with van der Waals surface area (Å²) < 4.78 is 15.7. The van der Waals surface area contributed by atoms with Crippen molar-refractivity contribution in [1.82, 2.24) is 0 Å². The summed E-state index contributed by atoms with van der Waals surface area (Å²) in [6.07, 6.45) is -14.2. The quantitative estimate of drug-likeness (QED) is 0.242. The van der Waals surface area contributed by atoms with E-state index in [2.05, 4.69) is 0 Å². The minimum Gasteiger partial charge on any atom is -0.388 e. The van der Waals surface area contributed by atoms with E-state index in [1.807, 2.05) is 0 Å². The van der Waals surface area contributed by atoms with Gasteiger partial charge in [0.2, 0.25) is 0 Å². The van der Waals surface area contributed by atoms with Crippen molar-refractivity contribution in [2.45, 2.75) is 61.4 Å². The molecule has 2 saturated heterocycles. The van der Waals surface area contributed by atoms with Crippen molar-refractivity contribution in [3.05, 3.63) is 0 Å². The number of aliphatic hydroxyl groups excluding tert-OH is 6. The Morgan fingerprint density at radius 1 is 0.609 bits per heavy atom. The second-order valence-corrected chi connectivity index (χ2v) is 5.64. The van der Waals surface area contributed by atoms with Gasteiger partial charge in [-0.15, -0.1) is 0 Å². The van der Waals surface area contributed by atoms with E-state index in [9.17, 15) is 30.6 Å². The topological polar surface area (TPSA) is 201 Å². The molecule has 0 aliphatic carbocycles. The Morgan fingerprint density at radius 3 is 1.26 bits per heavy atom. The van der Waals surface area contributed by atoms with Gasteiger partial charge in [-0.1, -0.05) is 0 Å². The first-order valence-electron chi connectivity index (χ1n) is 7.26. The Hall–Kier alpha value is -0.440. The first kappa shape index (κ1) is 18.9. The largest absolute Gasteiger partial charge is 0.388 e. The van der Waals surface area contributed by atoms with Gasteiger partial charge in [-0.25, -0.2) is 0 Å². The van der Waals surface area contributed by atoms with E-state index >= 15 is 0 Å². The van der Waals surface area contributed by atoms with Crippen molar-refractivity contribution in [2.24, 2.45) is 11.5 Å². The van der Waals surface area contributed by atoms with Crippen molar-refractivity contribution in [3.63, 3.8) is 0 Å². The molecule has 2 heterocycles. The summed E-state index contributed by atoms with van der Waals surface area (Å²) in [6, 6.07) is 0. The molecular weight excluding hydrogens is 316 g/mol. The predicted molar refractivity (Wildman–Crippen MR) is 72.6 cm³/mol. The van der Waals surface area contributed by atoms with Crippen molar-refractivity contribution in [3.8, 4) is 0 Å². The summed E-state index contributed by atoms with van der Waals surface area (Å²) in [5.74, 6) is 0. The monoisotopic (exact) mass is 340 g/mol. The highest BCUT2D eigenvalue weighted by atomic mass is 16.8. The molecule has 10 atom stereocenters. The van der Waals surface area contributed by atoms with Crippen LogP contribution in [0.25, 0.3) is 0 Å². The van der Waals surface area contributed by atoms with E-state index < -0.39 is 61.4 Å². The first-order chi connectivity index (χ1) is 10.8. The summed E-state index contributed by atoms with van der Waals surface area (Å²) in [5.41, 5.74) is 10.8. The summed E-state index contributed by atoms with van der Waals surface area (Å²) in [6.45, 7) is -0.294. The number of ether oxygens (including phenoxy) is 3. The highest BCUT2D eigenvalue weighted by Gasteiger charge is 2.49. The van der Waals surface area contributed by atoms with Crippen molar-refractivity contribution < 1.29 is 44.8 Å². The number of rotatable bonds is 4. The molecule has 0 spiro atoms. The molecule has 2 aliphatic heterocycles. The van der Waals surface area contributed by atoms with Gasteiger partial charge in [0.1, 0.15) is 48.8 Å². The van der Waals surface area contributed by atoms with Crippen LogP contribution in [0.1, 0.15) is 0 Å². The van der Waals surface area contributed by atoms with Gasteiger partial charge in [-0.3, -0.25) is 0 Å². The fourth-order valence-electron chi connectivity index (χ4n) is 2.58. The highest BCUT2D eigenvalue weighted by molar-refractivity contribution is 4.92. The van der Waals surface area contributed by atoms with E-state index in [4.69, 9.17) is 25.7 Å². The van der Waals surface area contributed by atoms with Gasteiger partial charge in [0, 0.05) is 13.1 Å². The highest BCUT2D eigenvalue weighted by Crippen LogP contribution is 2.27. The van der Waals surface area contributed by atoms with Gasteiger partial charge in [0.25, 0.3) is 0 Å². The van der Waals surface area contributed by atoms with Crippen LogP contribution >= 0.6 is 0 Å². The summed E-state index contributed by atoms with van der Waals surface area (Å²) in [5, 5.41) is 58.8. The molecule has 0 saturated carbocycles. The lowest BCUT2D eigenvalue weighted by Gasteiger charge is -2.44. The molecule has 11 heteroatoms. The smallest absolute Gasteiger partial charge is 0.189 e. The van der Waals surface area contributed by atoms with Gasteiger partial charge < -0.3 is 56.3 Å². The lowest BCUT2D eigenvalue weighted by molar-refractivity contribution is -0.371. The van der Waals surface area contributed by atoms with E-state index in [-0.39, 0.29) is 13.1 Å². The fourth-order valence-corrected chi connectivity index (χ4v) is 2.58. The summed E-state index contributed by atoms with van der Waals surface area (Å²) in [4.78, 5) is 0. The van der Waals surface area contributed by atoms with Gasteiger partial charge in [-0.2, -0.15) is 0 Å². The van der Waals surface area contributed by atoms with Crippen molar-refractivity contribution in [2.75, 3.05) is 13.1 Å². The lowest BCUT2D eigenvalue weighted by Crippen LogP contribution is -2.64. The number of aliphatic hydroxyl groups is 6. The number of hydrogen-bond donors (Lipinski definition) is 8. The molecule has 2 aliphatic rings. The van der Waals surface area contributed by atoms with Crippen LogP contribution in [0.15, 0.2) is 0 Å². The molecule has 11 nitrogen and oxygen atoms in total. The second-order valence-electron chi connectivity index (χ2n) is 5.64. The minimum atomic E-state index is -1.64. The van der Waals surface area contributed by atoms with Gasteiger partial charge >= 0.3 is 0 Å². The van der Waals surface area contributed by atoms with Crippen molar-refractivity contribution >= 4 is 0 Å². The second kappa shape index (κ2) is 7.63. The third kappa shape index (κ3) is 3.65. The molecule has 0 aromatic heterocycles. The van der Waals surface area contributed by atoms with Crippen LogP contribution in [-0.4, -0.2) is 105 Å². The zero-order valence-corrected chi connectivity index (χ0v) is 12.3. The van der Waals surface area contributed by atoms with Crippen molar-refractivity contribution in [1.29, 1.82) is 0 Å². The Bertz CT molecular complexity index is 352. The predicted octanol–water partition coefficient (Wildman–Crippen LogP) is -5.46. The van der Waals surface area contributed by atoms with E-state index in [0.29, 0.717) is 0 Å². The molecule has 10 N–H and O–H groups in total.